The van der Waals surface area contributed by atoms with Gasteiger partial charge >= 0.3 is 0 Å². The maximum absolute atomic E-state index is 12.7. The lowest BCUT2D eigenvalue weighted by Gasteiger charge is -2.37. The highest BCUT2D eigenvalue weighted by molar-refractivity contribution is 8.00. The number of carbonyl (C=O) groups excluding carboxylic acids is 1. The van der Waals surface area contributed by atoms with E-state index in [1.807, 2.05) is 22.7 Å². The van der Waals surface area contributed by atoms with Crippen molar-refractivity contribution in [3.63, 3.8) is 0 Å². The van der Waals surface area contributed by atoms with Gasteiger partial charge < -0.3 is 4.90 Å². The lowest BCUT2D eigenvalue weighted by Crippen LogP contribution is -2.48. The average molecular weight is 313 g/mol. The molecule has 0 spiro atoms. The smallest absolute Gasteiger partial charge is 0.254 e. The summed E-state index contributed by atoms with van der Waals surface area (Å²) in [5, 5.41) is 0.881. The second-order valence-electron chi connectivity index (χ2n) is 5.23. The molecule has 0 aromatic carbocycles. The third-order valence-electron chi connectivity index (χ3n) is 3.74. The van der Waals surface area contributed by atoms with Crippen LogP contribution in [0.4, 0.5) is 0 Å². The molecule has 0 saturated carbocycles. The zero-order valence-electron chi connectivity index (χ0n) is 12.2. The predicted octanol–water partition coefficient (Wildman–Crippen LogP) is 3.65. The van der Waals surface area contributed by atoms with Gasteiger partial charge in [0.05, 0.1) is 0 Å². The third kappa shape index (κ3) is 3.47. The Kier molecular flexibility index (Phi) is 5.33. The minimum atomic E-state index is 0.0753. The van der Waals surface area contributed by atoms with Gasteiger partial charge in [-0.15, -0.1) is 0 Å². The summed E-state index contributed by atoms with van der Waals surface area (Å²) in [6, 6.07) is 3.82. The summed E-state index contributed by atoms with van der Waals surface area (Å²) in [6.07, 6.45) is 1.84. The molecule has 2 atom stereocenters. The number of rotatable bonds is 3. The monoisotopic (exact) mass is 312 g/mol. The summed E-state index contributed by atoms with van der Waals surface area (Å²) in [5.41, 5.74) is 1.56. The number of aryl methyl sites for hydroxylation is 1. The Morgan fingerprint density at radius 3 is 2.95 bits per heavy atom. The van der Waals surface area contributed by atoms with Crippen LogP contribution in [0, 0.1) is 0 Å². The Hall–Kier alpha value is -0.740. The first-order valence-electron chi connectivity index (χ1n) is 7.12. The van der Waals surface area contributed by atoms with Crippen LogP contribution in [0.25, 0.3) is 0 Å². The molecule has 2 unspecified atom stereocenters. The van der Waals surface area contributed by atoms with Crippen molar-refractivity contribution in [2.75, 3.05) is 12.3 Å². The van der Waals surface area contributed by atoms with Gasteiger partial charge in [0.25, 0.3) is 5.91 Å². The Morgan fingerprint density at radius 1 is 1.50 bits per heavy atom. The molecule has 1 aliphatic rings. The molecule has 20 heavy (non-hydrogen) atoms. The fourth-order valence-electron chi connectivity index (χ4n) is 2.44. The zero-order chi connectivity index (χ0) is 14.7. The van der Waals surface area contributed by atoms with Gasteiger partial charge in [-0.1, -0.05) is 31.9 Å². The van der Waals surface area contributed by atoms with E-state index in [0.29, 0.717) is 16.0 Å². The molecule has 1 saturated heterocycles. The van der Waals surface area contributed by atoms with Gasteiger partial charge in [-0.25, -0.2) is 4.98 Å². The van der Waals surface area contributed by atoms with Crippen molar-refractivity contribution in [2.24, 2.45) is 0 Å². The standard InChI is InChI=1S/C15H21ClN2OS/c1-4-5-13-8-12(9-14(16)17-13)15(19)18-6-7-20-11(3)10(18)2/h8-11H,4-7H2,1-3H3. The van der Waals surface area contributed by atoms with Crippen molar-refractivity contribution < 1.29 is 4.79 Å². The molecule has 0 radical (unpaired) electrons. The highest BCUT2D eigenvalue weighted by Gasteiger charge is 2.29. The third-order valence-corrected chi connectivity index (χ3v) is 5.28. The summed E-state index contributed by atoms with van der Waals surface area (Å²) >= 11 is 7.97. The minimum absolute atomic E-state index is 0.0753. The van der Waals surface area contributed by atoms with Crippen molar-refractivity contribution in [2.45, 2.75) is 44.9 Å². The van der Waals surface area contributed by atoms with Crippen LogP contribution >= 0.6 is 23.4 Å². The number of pyridine rings is 1. The number of halogens is 1. The van der Waals surface area contributed by atoms with Crippen LogP contribution in [0.1, 0.15) is 43.2 Å². The SMILES string of the molecule is CCCc1cc(C(=O)N2CCSC(C)C2C)cc(Cl)n1. The largest absolute Gasteiger partial charge is 0.334 e. The fourth-order valence-corrected chi connectivity index (χ4v) is 3.77. The number of nitrogens with zero attached hydrogens (tertiary/aromatic N) is 2. The molecule has 0 bridgehead atoms. The summed E-state index contributed by atoms with van der Waals surface area (Å²) in [7, 11) is 0. The second kappa shape index (κ2) is 6.81. The van der Waals surface area contributed by atoms with E-state index in [0.717, 1.165) is 30.8 Å². The van der Waals surface area contributed by atoms with E-state index in [1.54, 1.807) is 6.07 Å². The summed E-state index contributed by atoms with van der Waals surface area (Å²) in [4.78, 5) is 18.9. The number of aromatic nitrogens is 1. The lowest BCUT2D eigenvalue weighted by atomic mass is 10.1. The van der Waals surface area contributed by atoms with Crippen LogP contribution < -0.4 is 0 Å². The highest BCUT2D eigenvalue weighted by atomic mass is 35.5. The first-order chi connectivity index (χ1) is 9.52. The second-order valence-corrected chi connectivity index (χ2v) is 7.11. The van der Waals surface area contributed by atoms with Gasteiger partial charge in [-0.3, -0.25) is 4.79 Å². The van der Waals surface area contributed by atoms with Crippen LogP contribution in [-0.4, -0.2) is 39.4 Å². The summed E-state index contributed by atoms with van der Waals surface area (Å²) < 4.78 is 0. The van der Waals surface area contributed by atoms with Gasteiger partial charge in [0.2, 0.25) is 0 Å². The molecular weight excluding hydrogens is 292 g/mol. The molecule has 2 heterocycles. The first-order valence-corrected chi connectivity index (χ1v) is 8.54. The van der Waals surface area contributed by atoms with E-state index in [9.17, 15) is 4.79 Å². The molecule has 1 aliphatic heterocycles. The Labute approximate surface area is 130 Å². The van der Waals surface area contributed by atoms with Crippen molar-refractivity contribution >= 4 is 29.3 Å². The Bertz CT molecular complexity index is 495. The van der Waals surface area contributed by atoms with Crippen molar-refractivity contribution in [3.8, 4) is 0 Å². The molecule has 1 fully saturated rings. The molecule has 110 valence electrons. The molecule has 0 N–H and O–H groups in total. The van der Waals surface area contributed by atoms with Crippen LogP contribution in [-0.2, 0) is 6.42 Å². The lowest BCUT2D eigenvalue weighted by molar-refractivity contribution is 0.0698. The van der Waals surface area contributed by atoms with E-state index in [1.165, 1.54) is 0 Å². The maximum Gasteiger partial charge on any atom is 0.254 e. The van der Waals surface area contributed by atoms with Gasteiger partial charge in [0, 0.05) is 34.8 Å². The van der Waals surface area contributed by atoms with Gasteiger partial charge in [0.15, 0.2) is 0 Å². The number of hydrogen-bond acceptors (Lipinski definition) is 3. The van der Waals surface area contributed by atoms with Crippen LogP contribution in [0.5, 0.6) is 0 Å². The molecule has 2 rings (SSSR count). The van der Waals surface area contributed by atoms with Gasteiger partial charge in [-0.05, 0) is 25.5 Å². The van der Waals surface area contributed by atoms with Gasteiger partial charge in [-0.2, -0.15) is 11.8 Å². The molecule has 3 nitrogen and oxygen atoms in total. The minimum Gasteiger partial charge on any atom is -0.334 e. The highest BCUT2D eigenvalue weighted by Crippen LogP contribution is 2.26. The number of hydrogen-bond donors (Lipinski definition) is 0. The quantitative estimate of drug-likeness (QED) is 0.799. The fraction of sp³-hybridized carbons (Fsp3) is 0.600. The normalized spacial score (nSPS) is 22.9. The van der Waals surface area contributed by atoms with E-state index >= 15 is 0 Å². The molecule has 1 aromatic rings. The van der Waals surface area contributed by atoms with E-state index in [4.69, 9.17) is 11.6 Å². The molecular formula is C15H21ClN2OS. The van der Waals surface area contributed by atoms with Gasteiger partial charge in [0.1, 0.15) is 5.15 Å². The predicted molar refractivity (Wildman–Crippen MR) is 85.7 cm³/mol. The van der Waals surface area contributed by atoms with Crippen molar-refractivity contribution in [1.82, 2.24) is 9.88 Å². The Morgan fingerprint density at radius 2 is 2.25 bits per heavy atom. The van der Waals surface area contributed by atoms with Crippen molar-refractivity contribution in [1.29, 1.82) is 0 Å². The number of carbonyl (C=O) groups is 1. The van der Waals surface area contributed by atoms with Crippen molar-refractivity contribution in [3.05, 3.63) is 28.5 Å². The van der Waals surface area contributed by atoms with E-state index < -0.39 is 0 Å². The maximum atomic E-state index is 12.7. The average Bonchev–Trinajstić information content (AvgIpc) is 2.41. The zero-order valence-corrected chi connectivity index (χ0v) is 13.8. The number of amides is 1. The van der Waals surface area contributed by atoms with Crippen LogP contribution in [0.15, 0.2) is 12.1 Å². The summed E-state index contributed by atoms with van der Waals surface area (Å²) in [6.45, 7) is 7.19. The Balaban J connectivity index is 2.23. The summed E-state index contributed by atoms with van der Waals surface area (Å²) in [5.74, 6) is 1.07. The van der Waals surface area contributed by atoms with E-state index in [2.05, 4.69) is 25.8 Å². The van der Waals surface area contributed by atoms with E-state index in [-0.39, 0.29) is 11.9 Å². The van der Waals surface area contributed by atoms with Crippen LogP contribution in [0.2, 0.25) is 5.15 Å². The molecule has 0 aliphatic carbocycles. The number of thioether (sulfide) groups is 1. The molecule has 1 aromatic heterocycles. The molecule has 1 amide bonds. The first kappa shape index (κ1) is 15.6. The topological polar surface area (TPSA) is 33.2 Å². The molecule has 5 heteroatoms. The van der Waals surface area contributed by atoms with Crippen LogP contribution in [0.3, 0.4) is 0 Å².